The minimum absolute atomic E-state index is 0.0327. The molecule has 12 heteroatoms. The van der Waals surface area contributed by atoms with Gasteiger partial charge >= 0.3 is 0 Å². The van der Waals surface area contributed by atoms with Crippen molar-refractivity contribution in [2.45, 2.75) is 6.92 Å². The molecule has 0 radical (unpaired) electrons. The number of carbonyl (C=O) groups is 3. The molecule has 1 fully saturated rings. The van der Waals surface area contributed by atoms with Crippen LogP contribution in [-0.2, 0) is 9.59 Å². The van der Waals surface area contributed by atoms with Gasteiger partial charge in [-0.25, -0.2) is 0 Å². The van der Waals surface area contributed by atoms with Crippen LogP contribution in [-0.4, -0.2) is 33.4 Å². The molecule has 160 valence electrons. The summed E-state index contributed by atoms with van der Waals surface area (Å²) in [7, 11) is 0. The highest BCUT2D eigenvalue weighted by atomic mass is 35.5. The van der Waals surface area contributed by atoms with Gasteiger partial charge in [0.25, 0.3) is 16.8 Å². The number of imide groups is 1. The quantitative estimate of drug-likeness (QED) is 0.328. The lowest BCUT2D eigenvalue weighted by Crippen LogP contribution is -2.36. The van der Waals surface area contributed by atoms with Crippen LogP contribution >= 0.6 is 46.6 Å². The second-order valence-electron chi connectivity index (χ2n) is 6.36. The molecule has 0 aliphatic carbocycles. The van der Waals surface area contributed by atoms with Gasteiger partial charge < -0.3 is 5.32 Å². The van der Waals surface area contributed by atoms with E-state index >= 15 is 0 Å². The van der Waals surface area contributed by atoms with Crippen LogP contribution in [0.3, 0.4) is 0 Å². The summed E-state index contributed by atoms with van der Waals surface area (Å²) in [6.45, 7) is 1.30. The van der Waals surface area contributed by atoms with Gasteiger partial charge in [-0.2, -0.15) is 0 Å². The van der Waals surface area contributed by atoms with E-state index in [0.717, 1.165) is 16.5 Å². The Hall–Kier alpha value is -2.59. The van der Waals surface area contributed by atoms with E-state index in [1.807, 2.05) is 6.92 Å². The summed E-state index contributed by atoms with van der Waals surface area (Å²) >= 11 is 18.5. The second-order valence-corrected chi connectivity index (χ2v) is 8.58. The molecule has 1 saturated heterocycles. The topological polar surface area (TPSA) is 110 Å². The fraction of sp³-hybridized carbons (Fsp3) is 0.105. The fourth-order valence-electron chi connectivity index (χ4n) is 2.60. The Balaban J connectivity index is 1.78. The molecule has 1 N–H and O–H groups in total. The van der Waals surface area contributed by atoms with Crippen LogP contribution in [0.25, 0.3) is 6.08 Å². The lowest BCUT2D eigenvalue weighted by molar-refractivity contribution is -0.384. The first kappa shape index (κ1) is 23.1. The van der Waals surface area contributed by atoms with Crippen LogP contribution in [0, 0.1) is 17.0 Å². The van der Waals surface area contributed by atoms with Gasteiger partial charge in [-0.15, -0.1) is 0 Å². The van der Waals surface area contributed by atoms with E-state index in [-0.39, 0.29) is 20.5 Å². The summed E-state index contributed by atoms with van der Waals surface area (Å²) in [5.74, 6) is -1.32. The number of carbonyl (C=O) groups excluding carboxylic acids is 3. The Labute approximate surface area is 195 Å². The van der Waals surface area contributed by atoms with Crippen molar-refractivity contribution in [1.82, 2.24) is 4.90 Å². The predicted molar refractivity (Wildman–Crippen MR) is 121 cm³/mol. The molecule has 0 atom stereocenters. The van der Waals surface area contributed by atoms with Crippen LogP contribution in [0.2, 0.25) is 15.1 Å². The first-order chi connectivity index (χ1) is 14.6. The van der Waals surface area contributed by atoms with E-state index < -0.39 is 34.2 Å². The number of benzene rings is 2. The van der Waals surface area contributed by atoms with Gasteiger partial charge in [0.15, 0.2) is 0 Å². The number of anilines is 1. The summed E-state index contributed by atoms with van der Waals surface area (Å²) in [6, 6.07) is 7.19. The minimum atomic E-state index is -0.722. The first-order valence-corrected chi connectivity index (χ1v) is 10.5. The van der Waals surface area contributed by atoms with Gasteiger partial charge in [0.2, 0.25) is 5.91 Å². The number of nitrogens with zero attached hydrogens (tertiary/aromatic N) is 2. The summed E-state index contributed by atoms with van der Waals surface area (Å²) in [6.07, 6.45) is 1.24. The molecule has 8 nitrogen and oxygen atoms in total. The number of aryl methyl sites for hydroxylation is 1. The maximum absolute atomic E-state index is 12.6. The number of nitrogens with one attached hydrogen (secondary N) is 1. The summed E-state index contributed by atoms with van der Waals surface area (Å²) < 4.78 is 0. The summed E-state index contributed by atoms with van der Waals surface area (Å²) in [4.78, 5) is 48.3. The number of hydrogen-bond acceptors (Lipinski definition) is 6. The van der Waals surface area contributed by atoms with Crippen molar-refractivity contribution in [1.29, 1.82) is 0 Å². The van der Waals surface area contributed by atoms with Crippen LogP contribution in [0.1, 0.15) is 11.1 Å². The van der Waals surface area contributed by atoms with E-state index in [1.165, 1.54) is 12.1 Å². The van der Waals surface area contributed by atoms with Crippen molar-refractivity contribution in [2.24, 2.45) is 0 Å². The lowest BCUT2D eigenvalue weighted by atomic mass is 10.2. The third kappa shape index (κ3) is 5.19. The van der Waals surface area contributed by atoms with Gasteiger partial charge in [0.05, 0.1) is 9.83 Å². The molecule has 0 aromatic heterocycles. The molecule has 1 heterocycles. The number of thioether (sulfide) groups is 1. The molecule has 0 spiro atoms. The lowest BCUT2D eigenvalue weighted by Gasteiger charge is -2.13. The normalized spacial score (nSPS) is 15.0. The molecular weight excluding hydrogens is 489 g/mol. The number of rotatable bonds is 5. The zero-order valence-corrected chi connectivity index (χ0v) is 18.7. The molecule has 0 bridgehead atoms. The summed E-state index contributed by atoms with van der Waals surface area (Å²) in [5, 5.41) is 13.3. The van der Waals surface area contributed by atoms with E-state index in [1.54, 1.807) is 18.2 Å². The maximum atomic E-state index is 12.6. The molecule has 0 unspecified atom stereocenters. The number of nitro benzene ring substituents is 1. The number of hydrogen-bond donors (Lipinski definition) is 1. The van der Waals surface area contributed by atoms with Crippen molar-refractivity contribution in [3.63, 3.8) is 0 Å². The van der Waals surface area contributed by atoms with Gasteiger partial charge in [-0.05, 0) is 48.5 Å². The third-order valence-corrected chi connectivity index (χ3v) is 6.12. The largest absolute Gasteiger partial charge is 0.324 e. The Morgan fingerprint density at radius 2 is 1.87 bits per heavy atom. The van der Waals surface area contributed by atoms with Crippen molar-refractivity contribution in [2.75, 3.05) is 11.9 Å². The molecule has 1 aliphatic heterocycles. The minimum Gasteiger partial charge on any atom is -0.324 e. The van der Waals surface area contributed by atoms with Gasteiger partial charge in [-0.1, -0.05) is 40.9 Å². The fourth-order valence-corrected chi connectivity index (χ4v) is 4.11. The van der Waals surface area contributed by atoms with Crippen LogP contribution in [0.4, 0.5) is 16.2 Å². The molecule has 2 aromatic rings. The van der Waals surface area contributed by atoms with Gasteiger partial charge in [-0.3, -0.25) is 29.4 Å². The van der Waals surface area contributed by atoms with Crippen LogP contribution < -0.4 is 5.32 Å². The first-order valence-electron chi connectivity index (χ1n) is 8.51. The van der Waals surface area contributed by atoms with E-state index in [9.17, 15) is 24.5 Å². The predicted octanol–water partition coefficient (Wildman–Crippen LogP) is 5.54. The third-order valence-electron chi connectivity index (χ3n) is 4.18. The highest BCUT2D eigenvalue weighted by molar-refractivity contribution is 8.18. The van der Waals surface area contributed by atoms with Crippen LogP contribution in [0.5, 0.6) is 0 Å². The zero-order chi connectivity index (χ0) is 22.9. The molecule has 2 aromatic carbocycles. The Kier molecular flexibility index (Phi) is 6.90. The molecule has 3 amide bonds. The summed E-state index contributed by atoms with van der Waals surface area (Å²) in [5.41, 5.74) is 0.995. The molecule has 0 saturated carbocycles. The highest BCUT2D eigenvalue weighted by Gasteiger charge is 2.36. The monoisotopic (exact) mass is 499 g/mol. The Morgan fingerprint density at radius 1 is 1.16 bits per heavy atom. The van der Waals surface area contributed by atoms with Crippen LogP contribution in [0.15, 0.2) is 35.2 Å². The van der Waals surface area contributed by atoms with Crippen molar-refractivity contribution < 1.29 is 19.3 Å². The molecule has 1 aliphatic rings. The Bertz CT molecular complexity index is 1170. The Morgan fingerprint density at radius 3 is 2.52 bits per heavy atom. The van der Waals surface area contributed by atoms with E-state index in [4.69, 9.17) is 34.8 Å². The number of amides is 3. The number of halogens is 3. The average molecular weight is 501 g/mol. The van der Waals surface area contributed by atoms with Crippen molar-refractivity contribution >= 4 is 81.1 Å². The van der Waals surface area contributed by atoms with E-state index in [0.29, 0.717) is 22.5 Å². The zero-order valence-electron chi connectivity index (χ0n) is 15.6. The second kappa shape index (κ2) is 9.27. The molecule has 31 heavy (non-hydrogen) atoms. The maximum Gasteiger partial charge on any atom is 0.294 e. The van der Waals surface area contributed by atoms with Crippen molar-refractivity contribution in [3.05, 3.63) is 71.5 Å². The smallest absolute Gasteiger partial charge is 0.294 e. The average Bonchev–Trinajstić information content (AvgIpc) is 2.94. The standard InChI is InChI=1S/C19H12Cl3N3O5S/c1-9-2-3-11(6-12(9)20)23-17(26)8-24-18(27)16(31-19(24)28)5-10-4-15(25(29)30)14(22)7-13(10)21/h2-7H,8H2,1H3,(H,23,26)/b16-5-. The van der Waals surface area contributed by atoms with E-state index in [2.05, 4.69) is 5.32 Å². The molecular formula is C19H12Cl3N3O5S. The van der Waals surface area contributed by atoms with Gasteiger partial charge in [0, 0.05) is 27.4 Å². The van der Waals surface area contributed by atoms with Crippen molar-refractivity contribution in [3.8, 4) is 0 Å². The number of nitro groups is 1. The van der Waals surface area contributed by atoms with Gasteiger partial charge in [0.1, 0.15) is 11.6 Å². The highest BCUT2D eigenvalue weighted by Crippen LogP contribution is 2.36. The SMILES string of the molecule is Cc1ccc(NC(=O)CN2C(=O)S/C(=C\c3cc([N+](=O)[O-])c(Cl)cc3Cl)C2=O)cc1Cl. The molecule has 3 rings (SSSR count).